The van der Waals surface area contributed by atoms with Gasteiger partial charge in [-0.05, 0) is 46.5 Å². The summed E-state index contributed by atoms with van der Waals surface area (Å²) in [5.41, 5.74) is 0.189. The van der Waals surface area contributed by atoms with Crippen LogP contribution >= 0.6 is 0 Å². The lowest BCUT2D eigenvalue weighted by Crippen LogP contribution is -2.58. The minimum atomic E-state index is 0.0946. The van der Waals surface area contributed by atoms with Crippen molar-refractivity contribution >= 4 is 5.91 Å². The van der Waals surface area contributed by atoms with Crippen molar-refractivity contribution in [1.82, 2.24) is 10.2 Å². The van der Waals surface area contributed by atoms with Gasteiger partial charge in [-0.3, -0.25) is 4.79 Å². The van der Waals surface area contributed by atoms with E-state index in [0.717, 1.165) is 12.8 Å². The van der Waals surface area contributed by atoms with E-state index >= 15 is 0 Å². The number of piperidine rings is 1. The highest BCUT2D eigenvalue weighted by atomic mass is 16.2. The van der Waals surface area contributed by atoms with Gasteiger partial charge in [0.1, 0.15) is 0 Å². The van der Waals surface area contributed by atoms with E-state index in [1.807, 2.05) is 0 Å². The van der Waals surface area contributed by atoms with Crippen molar-refractivity contribution in [2.24, 2.45) is 5.92 Å². The Morgan fingerprint density at radius 1 is 1.33 bits per heavy atom. The smallest absolute Gasteiger partial charge is 0.223 e. The molecule has 3 nitrogen and oxygen atoms in total. The van der Waals surface area contributed by atoms with Gasteiger partial charge in [0.2, 0.25) is 5.91 Å². The molecule has 1 rings (SSSR count). The Bertz CT molecular complexity index is 336. The predicted octanol–water partition coefficient (Wildman–Crippen LogP) is 2.02. The Morgan fingerprint density at radius 3 is 2.28 bits per heavy atom. The van der Waals surface area contributed by atoms with Crippen LogP contribution < -0.4 is 5.32 Å². The monoisotopic (exact) mass is 250 g/mol. The molecule has 0 bridgehead atoms. The van der Waals surface area contributed by atoms with Crippen molar-refractivity contribution in [2.45, 2.75) is 58.0 Å². The summed E-state index contributed by atoms with van der Waals surface area (Å²) in [5, 5.41) is 3.63. The molecule has 0 spiro atoms. The fraction of sp³-hybridized carbons (Fsp3) is 0.800. The number of nitrogens with one attached hydrogen (secondary N) is 1. The highest BCUT2D eigenvalue weighted by molar-refractivity contribution is 5.76. The van der Waals surface area contributed by atoms with Crippen LogP contribution in [0.1, 0.15) is 47.0 Å². The van der Waals surface area contributed by atoms with E-state index in [-0.39, 0.29) is 17.0 Å². The Balaban J connectivity index is 2.62. The summed E-state index contributed by atoms with van der Waals surface area (Å²) < 4.78 is 0. The van der Waals surface area contributed by atoms with E-state index in [4.69, 9.17) is 6.42 Å². The van der Waals surface area contributed by atoms with Crippen LogP contribution in [0.15, 0.2) is 0 Å². The molecule has 1 amide bonds. The maximum atomic E-state index is 12.0. The molecule has 0 aromatic rings. The number of nitrogens with zero attached hydrogens (tertiary/aromatic N) is 1. The van der Waals surface area contributed by atoms with Crippen molar-refractivity contribution in [3.8, 4) is 12.3 Å². The molecule has 0 aliphatic carbocycles. The third-order valence-corrected chi connectivity index (χ3v) is 3.49. The molecule has 1 saturated heterocycles. The lowest BCUT2D eigenvalue weighted by atomic mass is 9.74. The van der Waals surface area contributed by atoms with Gasteiger partial charge in [-0.1, -0.05) is 5.92 Å². The van der Waals surface area contributed by atoms with E-state index in [0.29, 0.717) is 18.9 Å². The molecular formula is C15H26N2O. The zero-order valence-electron chi connectivity index (χ0n) is 12.3. The number of hydrogen-bond acceptors (Lipinski definition) is 2. The van der Waals surface area contributed by atoms with E-state index in [1.54, 1.807) is 11.9 Å². The van der Waals surface area contributed by atoms with Gasteiger partial charge in [-0.25, -0.2) is 0 Å². The molecule has 0 atom stereocenters. The summed E-state index contributed by atoms with van der Waals surface area (Å²) in [6.07, 6.45) is 7.90. The topological polar surface area (TPSA) is 32.3 Å². The second kappa shape index (κ2) is 5.32. The fourth-order valence-corrected chi connectivity index (χ4v) is 3.31. The van der Waals surface area contributed by atoms with Gasteiger partial charge in [0.15, 0.2) is 0 Å². The second-order valence-electron chi connectivity index (χ2n) is 6.83. The number of rotatable bonds is 3. The van der Waals surface area contributed by atoms with Gasteiger partial charge in [0.25, 0.3) is 0 Å². The lowest BCUT2D eigenvalue weighted by Gasteiger charge is -2.46. The van der Waals surface area contributed by atoms with Gasteiger partial charge >= 0.3 is 0 Å². The van der Waals surface area contributed by atoms with Crippen molar-refractivity contribution in [2.75, 3.05) is 13.6 Å². The molecule has 0 radical (unpaired) electrons. The van der Waals surface area contributed by atoms with Gasteiger partial charge in [-0.2, -0.15) is 0 Å². The van der Waals surface area contributed by atoms with Crippen molar-refractivity contribution in [3.63, 3.8) is 0 Å². The van der Waals surface area contributed by atoms with Crippen LogP contribution in [0.2, 0.25) is 0 Å². The SMILES string of the molecule is C#CCN(C)C(=O)CC1CC(C)(C)NC(C)(C)C1. The van der Waals surface area contributed by atoms with Crippen LogP contribution in [0, 0.1) is 18.3 Å². The van der Waals surface area contributed by atoms with E-state index < -0.39 is 0 Å². The predicted molar refractivity (Wildman–Crippen MR) is 75.1 cm³/mol. The van der Waals surface area contributed by atoms with Gasteiger partial charge in [0, 0.05) is 24.5 Å². The molecule has 102 valence electrons. The summed E-state index contributed by atoms with van der Waals surface area (Å²) in [5.74, 6) is 3.10. The highest BCUT2D eigenvalue weighted by Gasteiger charge is 2.38. The first-order valence-corrected chi connectivity index (χ1v) is 6.62. The molecule has 1 N–H and O–H groups in total. The molecule has 0 aromatic heterocycles. The van der Waals surface area contributed by atoms with Crippen LogP contribution in [0.5, 0.6) is 0 Å². The number of amides is 1. The summed E-state index contributed by atoms with van der Waals surface area (Å²) in [4.78, 5) is 13.7. The molecule has 3 heteroatoms. The minimum Gasteiger partial charge on any atom is -0.335 e. The molecule has 1 fully saturated rings. The van der Waals surface area contributed by atoms with Crippen molar-refractivity contribution in [1.29, 1.82) is 0 Å². The molecule has 0 saturated carbocycles. The third-order valence-electron chi connectivity index (χ3n) is 3.49. The normalized spacial score (nSPS) is 22.2. The van der Waals surface area contributed by atoms with E-state index in [1.165, 1.54) is 0 Å². The zero-order chi connectivity index (χ0) is 14.0. The average Bonchev–Trinajstić information content (AvgIpc) is 2.12. The Morgan fingerprint density at radius 2 is 1.83 bits per heavy atom. The number of terminal acetylenes is 1. The van der Waals surface area contributed by atoms with Crippen LogP contribution in [0.25, 0.3) is 0 Å². The molecule has 18 heavy (non-hydrogen) atoms. The Kier molecular flexibility index (Phi) is 4.45. The molecule has 0 aromatic carbocycles. The van der Waals surface area contributed by atoms with Crippen LogP contribution in [0.3, 0.4) is 0 Å². The minimum absolute atomic E-state index is 0.0946. The second-order valence-corrected chi connectivity index (χ2v) is 6.83. The summed E-state index contributed by atoms with van der Waals surface area (Å²) in [6.45, 7) is 9.22. The van der Waals surface area contributed by atoms with E-state index in [2.05, 4.69) is 38.9 Å². The van der Waals surface area contributed by atoms with E-state index in [9.17, 15) is 4.79 Å². The summed E-state index contributed by atoms with van der Waals surface area (Å²) >= 11 is 0. The molecule has 1 aliphatic rings. The molecule has 0 unspecified atom stereocenters. The summed E-state index contributed by atoms with van der Waals surface area (Å²) in [7, 11) is 1.78. The molecule has 1 heterocycles. The Labute approximate surface area is 111 Å². The third kappa shape index (κ3) is 4.34. The lowest BCUT2D eigenvalue weighted by molar-refractivity contribution is -0.130. The highest BCUT2D eigenvalue weighted by Crippen LogP contribution is 2.34. The van der Waals surface area contributed by atoms with Gasteiger partial charge < -0.3 is 10.2 Å². The van der Waals surface area contributed by atoms with Gasteiger partial charge in [-0.15, -0.1) is 6.42 Å². The van der Waals surface area contributed by atoms with Crippen LogP contribution in [-0.4, -0.2) is 35.5 Å². The molecule has 1 aliphatic heterocycles. The maximum absolute atomic E-state index is 12.0. The number of carbonyl (C=O) groups excluding carboxylic acids is 1. The standard InChI is InChI=1S/C15H26N2O/c1-7-8-17(6)13(18)9-12-10-14(2,3)16-15(4,5)11-12/h1,12,16H,8-11H2,2-6H3. The first kappa shape index (κ1) is 15.0. The number of hydrogen-bond donors (Lipinski definition) is 1. The summed E-state index contributed by atoms with van der Waals surface area (Å²) in [6, 6.07) is 0. The zero-order valence-corrected chi connectivity index (χ0v) is 12.3. The molecular weight excluding hydrogens is 224 g/mol. The first-order chi connectivity index (χ1) is 8.15. The van der Waals surface area contributed by atoms with Gasteiger partial charge in [0.05, 0.1) is 6.54 Å². The first-order valence-electron chi connectivity index (χ1n) is 6.62. The maximum Gasteiger partial charge on any atom is 0.223 e. The van der Waals surface area contributed by atoms with Crippen molar-refractivity contribution < 1.29 is 4.79 Å². The number of carbonyl (C=O) groups is 1. The largest absolute Gasteiger partial charge is 0.335 e. The average molecular weight is 250 g/mol. The Hall–Kier alpha value is -1.01. The van der Waals surface area contributed by atoms with Crippen LogP contribution in [0.4, 0.5) is 0 Å². The quantitative estimate of drug-likeness (QED) is 0.777. The van der Waals surface area contributed by atoms with Crippen LogP contribution in [-0.2, 0) is 4.79 Å². The fourth-order valence-electron chi connectivity index (χ4n) is 3.31. The van der Waals surface area contributed by atoms with Crippen molar-refractivity contribution in [3.05, 3.63) is 0 Å².